The number of aliphatic hydroxyl groups is 1. The Morgan fingerprint density at radius 3 is 2.53 bits per heavy atom. The molecule has 0 aromatic carbocycles. The molecular weight excluding hydrogens is 231 g/mol. The van der Waals surface area contributed by atoms with Crippen molar-refractivity contribution in [2.75, 3.05) is 19.6 Å². The zero-order valence-corrected chi connectivity index (χ0v) is 9.25. The van der Waals surface area contributed by atoms with Crippen molar-refractivity contribution < 1.29 is 24.2 Å². The molecule has 0 radical (unpaired) electrons. The van der Waals surface area contributed by atoms with Crippen molar-refractivity contribution in [3.05, 3.63) is 0 Å². The predicted molar refractivity (Wildman–Crippen MR) is 55.2 cm³/mol. The van der Waals surface area contributed by atoms with Gasteiger partial charge in [-0.3, -0.25) is 4.79 Å². The van der Waals surface area contributed by atoms with Gasteiger partial charge in [0.1, 0.15) is 12.3 Å². The fraction of sp³-hybridized carbons (Fsp3) is 0.800. The number of carbonyl (C=O) groups is 2. The molecule has 17 heavy (non-hydrogen) atoms. The number of amides is 2. The van der Waals surface area contributed by atoms with Crippen LogP contribution in [0.5, 0.6) is 0 Å². The highest BCUT2D eigenvalue weighted by Crippen LogP contribution is 2.24. The van der Waals surface area contributed by atoms with Crippen LogP contribution in [-0.2, 0) is 4.79 Å². The second-order valence-electron chi connectivity index (χ2n) is 4.44. The van der Waals surface area contributed by atoms with Gasteiger partial charge in [0.15, 0.2) is 0 Å². The number of nitrogens with zero attached hydrogens (tertiary/aromatic N) is 2. The van der Waals surface area contributed by atoms with Gasteiger partial charge >= 0.3 is 6.09 Å². The van der Waals surface area contributed by atoms with Crippen LogP contribution in [0.3, 0.4) is 0 Å². The van der Waals surface area contributed by atoms with Crippen LogP contribution in [0.25, 0.3) is 0 Å². The Hall–Kier alpha value is -1.37. The molecule has 0 unspecified atom stereocenters. The van der Waals surface area contributed by atoms with E-state index in [1.165, 1.54) is 4.90 Å². The number of carbonyl (C=O) groups excluding carboxylic acids is 1. The van der Waals surface area contributed by atoms with Crippen LogP contribution >= 0.6 is 0 Å². The first-order valence-corrected chi connectivity index (χ1v) is 5.61. The third-order valence-corrected chi connectivity index (χ3v) is 3.39. The molecule has 0 saturated carbocycles. The highest BCUT2D eigenvalue weighted by molar-refractivity contribution is 5.83. The molecule has 96 valence electrons. The highest BCUT2D eigenvalue weighted by Gasteiger charge is 2.41. The Kier molecular flexibility index (Phi) is 3.19. The molecule has 3 atom stereocenters. The van der Waals surface area contributed by atoms with Crippen LogP contribution in [0.1, 0.15) is 12.8 Å². The minimum absolute atomic E-state index is 0.208. The SMILES string of the molecule is O=C(O)N1CC[C@@H](N2CC[C@@H](O)C2=O)[C@@H](F)C1. The third kappa shape index (κ3) is 2.19. The van der Waals surface area contributed by atoms with E-state index >= 15 is 0 Å². The topological polar surface area (TPSA) is 81.1 Å². The lowest BCUT2D eigenvalue weighted by Crippen LogP contribution is -2.54. The van der Waals surface area contributed by atoms with Crippen LogP contribution in [0.15, 0.2) is 0 Å². The van der Waals surface area contributed by atoms with E-state index in [9.17, 15) is 19.1 Å². The molecule has 2 aliphatic heterocycles. The fourth-order valence-electron chi connectivity index (χ4n) is 2.43. The maximum atomic E-state index is 13.8. The standard InChI is InChI=1S/C10H15FN2O4/c11-6-5-12(10(16)17)3-1-7(6)13-4-2-8(14)9(13)15/h6-8,14H,1-5H2,(H,16,17)/t6-,7+,8+/m0/s1. The number of rotatable bonds is 1. The summed E-state index contributed by atoms with van der Waals surface area (Å²) in [5.74, 6) is -0.443. The van der Waals surface area contributed by atoms with Gasteiger partial charge in [0.25, 0.3) is 5.91 Å². The van der Waals surface area contributed by atoms with Crippen LogP contribution in [0.4, 0.5) is 9.18 Å². The highest BCUT2D eigenvalue weighted by atomic mass is 19.1. The molecule has 0 aromatic rings. The molecular formula is C10H15FN2O4. The Morgan fingerprint density at radius 1 is 1.35 bits per heavy atom. The van der Waals surface area contributed by atoms with E-state index in [2.05, 4.69) is 0 Å². The molecule has 2 amide bonds. The number of carboxylic acid groups (broad SMARTS) is 1. The molecule has 7 heteroatoms. The molecule has 2 aliphatic rings. The molecule has 2 saturated heterocycles. The first kappa shape index (κ1) is 12.1. The van der Waals surface area contributed by atoms with Crippen molar-refractivity contribution in [1.82, 2.24) is 9.80 Å². The van der Waals surface area contributed by atoms with Crippen molar-refractivity contribution in [1.29, 1.82) is 0 Å². The monoisotopic (exact) mass is 246 g/mol. The number of hydrogen-bond acceptors (Lipinski definition) is 3. The predicted octanol–water partition coefficient (Wildman–Crippen LogP) is -0.330. The van der Waals surface area contributed by atoms with Crippen molar-refractivity contribution in [3.8, 4) is 0 Å². The lowest BCUT2D eigenvalue weighted by Gasteiger charge is -2.37. The molecule has 0 bridgehead atoms. The number of piperidine rings is 1. The molecule has 6 nitrogen and oxygen atoms in total. The number of hydrogen-bond donors (Lipinski definition) is 2. The summed E-state index contributed by atoms with van der Waals surface area (Å²) in [5, 5.41) is 18.0. The second-order valence-corrected chi connectivity index (χ2v) is 4.44. The van der Waals surface area contributed by atoms with Gasteiger partial charge in [-0.2, -0.15) is 0 Å². The largest absolute Gasteiger partial charge is 0.465 e. The van der Waals surface area contributed by atoms with E-state index in [0.29, 0.717) is 13.0 Å². The summed E-state index contributed by atoms with van der Waals surface area (Å²) in [6, 6.07) is -0.602. The van der Waals surface area contributed by atoms with Gasteiger partial charge in [0.2, 0.25) is 0 Å². The molecule has 0 aromatic heterocycles. The number of aliphatic hydroxyl groups excluding tert-OH is 1. The maximum Gasteiger partial charge on any atom is 0.407 e. The van der Waals surface area contributed by atoms with Gasteiger partial charge in [-0.05, 0) is 12.8 Å². The van der Waals surface area contributed by atoms with Crippen LogP contribution in [-0.4, -0.2) is 70.0 Å². The van der Waals surface area contributed by atoms with Gasteiger partial charge in [-0.15, -0.1) is 0 Å². The van der Waals surface area contributed by atoms with E-state index in [0.717, 1.165) is 4.90 Å². The summed E-state index contributed by atoms with van der Waals surface area (Å²) in [7, 11) is 0. The van der Waals surface area contributed by atoms with Gasteiger partial charge in [0.05, 0.1) is 12.6 Å². The second kappa shape index (κ2) is 4.48. The Balaban J connectivity index is 2.00. The van der Waals surface area contributed by atoms with E-state index in [1.54, 1.807) is 0 Å². The smallest absolute Gasteiger partial charge is 0.407 e. The fourth-order valence-corrected chi connectivity index (χ4v) is 2.43. The molecule has 2 fully saturated rings. The summed E-state index contributed by atoms with van der Waals surface area (Å²) < 4.78 is 13.8. The zero-order chi connectivity index (χ0) is 12.6. The maximum absolute atomic E-state index is 13.8. The lowest BCUT2D eigenvalue weighted by atomic mass is 10.0. The van der Waals surface area contributed by atoms with E-state index in [-0.39, 0.29) is 19.5 Å². The van der Waals surface area contributed by atoms with E-state index in [4.69, 9.17) is 5.11 Å². The van der Waals surface area contributed by atoms with Gasteiger partial charge < -0.3 is 20.0 Å². The van der Waals surface area contributed by atoms with Crippen molar-refractivity contribution in [2.45, 2.75) is 31.2 Å². The third-order valence-electron chi connectivity index (χ3n) is 3.39. The van der Waals surface area contributed by atoms with Crippen molar-refractivity contribution in [3.63, 3.8) is 0 Å². The Morgan fingerprint density at radius 2 is 2.06 bits per heavy atom. The minimum atomic E-state index is -1.38. The summed E-state index contributed by atoms with van der Waals surface area (Å²) in [4.78, 5) is 24.6. The summed E-state index contributed by atoms with van der Waals surface area (Å²) in [6.07, 6.45) is -2.94. The molecule has 2 heterocycles. The van der Waals surface area contributed by atoms with Crippen LogP contribution < -0.4 is 0 Å². The average molecular weight is 246 g/mol. The molecule has 2 rings (SSSR count). The average Bonchev–Trinajstić information content (AvgIpc) is 2.60. The summed E-state index contributed by atoms with van der Waals surface area (Å²) >= 11 is 0. The zero-order valence-electron chi connectivity index (χ0n) is 9.25. The first-order chi connectivity index (χ1) is 8.00. The van der Waals surface area contributed by atoms with Crippen LogP contribution in [0, 0.1) is 0 Å². The van der Waals surface area contributed by atoms with Crippen molar-refractivity contribution >= 4 is 12.0 Å². The summed E-state index contributed by atoms with van der Waals surface area (Å²) in [6.45, 7) is 0.359. The van der Waals surface area contributed by atoms with E-state index in [1.807, 2.05) is 0 Å². The Bertz CT molecular complexity index is 338. The number of likely N-dealkylation sites (tertiary alicyclic amines) is 2. The number of halogens is 1. The van der Waals surface area contributed by atoms with Gasteiger partial charge in [0, 0.05) is 13.1 Å². The quantitative estimate of drug-likeness (QED) is 0.664. The van der Waals surface area contributed by atoms with Gasteiger partial charge in [-0.1, -0.05) is 0 Å². The first-order valence-electron chi connectivity index (χ1n) is 5.61. The normalized spacial score (nSPS) is 34.2. The Labute approximate surface area is 97.6 Å². The molecule has 2 N–H and O–H groups in total. The minimum Gasteiger partial charge on any atom is -0.465 e. The van der Waals surface area contributed by atoms with Crippen LogP contribution in [0.2, 0.25) is 0 Å². The molecule has 0 aliphatic carbocycles. The lowest BCUT2D eigenvalue weighted by molar-refractivity contribution is -0.138. The summed E-state index contributed by atoms with van der Waals surface area (Å²) in [5.41, 5.74) is 0. The van der Waals surface area contributed by atoms with Gasteiger partial charge in [-0.25, -0.2) is 9.18 Å². The van der Waals surface area contributed by atoms with Crippen molar-refractivity contribution in [2.24, 2.45) is 0 Å². The number of alkyl halides is 1. The van der Waals surface area contributed by atoms with E-state index < -0.39 is 30.3 Å². The molecule has 0 spiro atoms.